The van der Waals surface area contributed by atoms with Crippen molar-refractivity contribution >= 4 is 23.1 Å². The van der Waals surface area contributed by atoms with Gasteiger partial charge in [-0.3, -0.25) is 15.5 Å². The van der Waals surface area contributed by atoms with Crippen molar-refractivity contribution < 1.29 is 14.5 Å². The number of nitriles is 1. The largest absolute Gasteiger partial charge is 0.464 e. The summed E-state index contributed by atoms with van der Waals surface area (Å²) < 4.78 is 4.30. The summed E-state index contributed by atoms with van der Waals surface area (Å²) in [5, 5.41) is 22.8. The van der Waals surface area contributed by atoms with E-state index < -0.39 is 16.6 Å². The van der Waals surface area contributed by atoms with Crippen molar-refractivity contribution in [1.29, 1.82) is 5.26 Å². The summed E-state index contributed by atoms with van der Waals surface area (Å²) in [4.78, 5) is 21.1. The van der Waals surface area contributed by atoms with Crippen LogP contribution in [0.4, 0.5) is 11.4 Å². The summed E-state index contributed by atoms with van der Waals surface area (Å²) in [7, 11) is 1.10. The number of hydrazone groups is 1. The van der Waals surface area contributed by atoms with Gasteiger partial charge < -0.3 is 4.74 Å². The Morgan fingerprint density at radius 1 is 1.56 bits per heavy atom. The van der Waals surface area contributed by atoms with Crippen LogP contribution >= 0.6 is 0 Å². The van der Waals surface area contributed by atoms with Crippen molar-refractivity contribution in [2.75, 3.05) is 12.5 Å². The Balaban J connectivity index is 2.99. The molecule has 0 saturated carbocycles. The van der Waals surface area contributed by atoms with Gasteiger partial charge in [-0.25, -0.2) is 4.79 Å². The van der Waals surface area contributed by atoms with E-state index in [1.165, 1.54) is 24.3 Å². The predicted molar refractivity (Wildman–Crippen MR) is 61.8 cm³/mol. The first-order chi connectivity index (χ1) is 8.60. The molecule has 8 nitrogen and oxygen atoms in total. The maximum absolute atomic E-state index is 11.0. The van der Waals surface area contributed by atoms with Crippen LogP contribution in [0, 0.1) is 21.4 Å². The highest BCUT2D eigenvalue weighted by Crippen LogP contribution is 2.22. The van der Waals surface area contributed by atoms with E-state index >= 15 is 0 Å². The lowest BCUT2D eigenvalue weighted by molar-refractivity contribution is -0.384. The van der Waals surface area contributed by atoms with Crippen LogP contribution in [0.5, 0.6) is 0 Å². The fourth-order valence-corrected chi connectivity index (χ4v) is 1.06. The van der Waals surface area contributed by atoms with Gasteiger partial charge >= 0.3 is 5.97 Å². The molecule has 8 heteroatoms. The number of nitro benzene ring substituents is 1. The van der Waals surface area contributed by atoms with E-state index in [1.54, 1.807) is 6.07 Å². The second-order valence-electron chi connectivity index (χ2n) is 2.95. The number of benzene rings is 1. The van der Waals surface area contributed by atoms with Crippen molar-refractivity contribution in [1.82, 2.24) is 0 Å². The molecule has 0 spiro atoms. The molecule has 1 N–H and O–H groups in total. The standard InChI is InChI=1S/C10H8N4O4/c1-18-10(15)8(6-11)13-12-7-4-2-3-5-9(7)14(16)17/h2-5,12H,1H3. The number of para-hydroxylation sites is 2. The van der Waals surface area contributed by atoms with Crippen LogP contribution < -0.4 is 5.43 Å². The first-order valence-electron chi connectivity index (χ1n) is 4.65. The Morgan fingerprint density at radius 3 is 2.78 bits per heavy atom. The molecule has 1 aromatic carbocycles. The second kappa shape index (κ2) is 5.95. The van der Waals surface area contributed by atoms with Gasteiger partial charge in [-0.15, -0.1) is 0 Å². The minimum Gasteiger partial charge on any atom is -0.464 e. The molecule has 0 bridgehead atoms. The summed E-state index contributed by atoms with van der Waals surface area (Å²) in [5.74, 6) is -0.927. The van der Waals surface area contributed by atoms with Crippen LogP contribution in [0.3, 0.4) is 0 Å². The second-order valence-corrected chi connectivity index (χ2v) is 2.95. The van der Waals surface area contributed by atoms with Crippen molar-refractivity contribution in [2.45, 2.75) is 0 Å². The quantitative estimate of drug-likeness (QED) is 0.368. The Bertz CT molecular complexity index is 547. The van der Waals surface area contributed by atoms with E-state index in [0.29, 0.717) is 0 Å². The number of hydrogen-bond donors (Lipinski definition) is 1. The monoisotopic (exact) mass is 248 g/mol. The fourth-order valence-electron chi connectivity index (χ4n) is 1.06. The van der Waals surface area contributed by atoms with E-state index in [2.05, 4.69) is 15.3 Å². The number of nitro groups is 1. The number of ether oxygens (including phenoxy) is 1. The Hall–Kier alpha value is -2.95. The maximum atomic E-state index is 11.0. The number of esters is 1. The Morgan fingerprint density at radius 2 is 2.22 bits per heavy atom. The molecule has 0 heterocycles. The van der Waals surface area contributed by atoms with E-state index in [9.17, 15) is 14.9 Å². The number of nitrogens with one attached hydrogen (secondary N) is 1. The first-order valence-corrected chi connectivity index (χ1v) is 4.65. The molecule has 0 atom stereocenters. The minimum atomic E-state index is -0.927. The average Bonchev–Trinajstić information content (AvgIpc) is 2.39. The molecule has 0 unspecified atom stereocenters. The summed E-state index contributed by atoms with van der Waals surface area (Å²) in [6.07, 6.45) is 0. The lowest BCUT2D eigenvalue weighted by Crippen LogP contribution is -2.15. The first kappa shape index (κ1) is 13.1. The van der Waals surface area contributed by atoms with Crippen molar-refractivity contribution in [3.63, 3.8) is 0 Å². The van der Waals surface area contributed by atoms with Crippen LogP contribution in [0.25, 0.3) is 0 Å². The molecular weight excluding hydrogens is 240 g/mol. The van der Waals surface area contributed by atoms with E-state index in [4.69, 9.17) is 5.26 Å². The SMILES string of the molecule is COC(=O)C(C#N)=NNc1ccccc1[N+](=O)[O-]. The number of methoxy groups -OCH3 is 1. The third-order valence-electron chi connectivity index (χ3n) is 1.87. The van der Waals surface area contributed by atoms with Gasteiger partial charge in [-0.1, -0.05) is 12.1 Å². The average molecular weight is 248 g/mol. The zero-order valence-corrected chi connectivity index (χ0v) is 9.28. The molecule has 0 amide bonds. The van der Waals surface area contributed by atoms with Gasteiger partial charge in [0.15, 0.2) is 0 Å². The van der Waals surface area contributed by atoms with Gasteiger partial charge in [-0.05, 0) is 6.07 Å². The highest BCUT2D eigenvalue weighted by molar-refractivity contribution is 6.43. The molecule has 1 rings (SSSR count). The summed E-state index contributed by atoms with van der Waals surface area (Å²) >= 11 is 0. The molecule has 0 fully saturated rings. The molecule has 0 radical (unpaired) electrons. The Kier molecular flexibility index (Phi) is 4.34. The topological polar surface area (TPSA) is 118 Å². The molecule has 0 aliphatic heterocycles. The molecular formula is C10H8N4O4. The summed E-state index contributed by atoms with van der Waals surface area (Å²) in [6.45, 7) is 0. The molecule has 0 aliphatic carbocycles. The van der Waals surface area contributed by atoms with Gasteiger partial charge in [-0.2, -0.15) is 10.4 Å². The van der Waals surface area contributed by atoms with E-state index in [1.807, 2.05) is 0 Å². The normalized spacial score (nSPS) is 10.3. The van der Waals surface area contributed by atoms with Crippen LogP contribution in [0.15, 0.2) is 29.4 Å². The van der Waals surface area contributed by atoms with Gasteiger partial charge in [0.05, 0.1) is 12.0 Å². The van der Waals surface area contributed by atoms with Crippen LogP contribution in [-0.2, 0) is 9.53 Å². The lowest BCUT2D eigenvalue weighted by Gasteiger charge is -2.01. The predicted octanol–water partition coefficient (Wildman–Crippen LogP) is 1.06. The number of carbonyl (C=O) groups excluding carboxylic acids is 1. The van der Waals surface area contributed by atoms with Crippen molar-refractivity contribution in [3.8, 4) is 6.07 Å². The smallest absolute Gasteiger partial charge is 0.369 e. The maximum Gasteiger partial charge on any atom is 0.369 e. The molecule has 1 aromatic rings. The molecule has 92 valence electrons. The molecule has 18 heavy (non-hydrogen) atoms. The number of anilines is 1. The van der Waals surface area contributed by atoms with Crippen LogP contribution in [-0.4, -0.2) is 23.7 Å². The molecule has 0 saturated heterocycles. The summed E-state index contributed by atoms with van der Waals surface area (Å²) in [6, 6.07) is 7.21. The van der Waals surface area contributed by atoms with Gasteiger partial charge in [0.1, 0.15) is 11.8 Å². The fraction of sp³-hybridized carbons (Fsp3) is 0.100. The third-order valence-corrected chi connectivity index (χ3v) is 1.87. The summed E-state index contributed by atoms with van der Waals surface area (Å²) in [5.41, 5.74) is 1.60. The highest BCUT2D eigenvalue weighted by Gasteiger charge is 2.14. The number of rotatable bonds is 4. The number of hydrogen-bond acceptors (Lipinski definition) is 7. The highest BCUT2D eigenvalue weighted by atomic mass is 16.6. The lowest BCUT2D eigenvalue weighted by atomic mass is 10.3. The zero-order chi connectivity index (χ0) is 13.5. The minimum absolute atomic E-state index is 0.0687. The molecule has 0 aliphatic rings. The van der Waals surface area contributed by atoms with E-state index in [-0.39, 0.29) is 11.4 Å². The van der Waals surface area contributed by atoms with Crippen LogP contribution in [0.1, 0.15) is 0 Å². The van der Waals surface area contributed by atoms with Crippen molar-refractivity contribution in [2.24, 2.45) is 5.10 Å². The van der Waals surface area contributed by atoms with Gasteiger partial charge in [0, 0.05) is 6.07 Å². The van der Waals surface area contributed by atoms with E-state index in [0.717, 1.165) is 7.11 Å². The number of nitrogens with zero attached hydrogens (tertiary/aromatic N) is 3. The van der Waals surface area contributed by atoms with Crippen molar-refractivity contribution in [3.05, 3.63) is 34.4 Å². The van der Waals surface area contributed by atoms with Gasteiger partial charge in [0.2, 0.25) is 5.71 Å². The molecule has 0 aromatic heterocycles. The van der Waals surface area contributed by atoms with Gasteiger partial charge in [0.25, 0.3) is 5.69 Å². The zero-order valence-electron chi connectivity index (χ0n) is 9.28. The third kappa shape index (κ3) is 3.02. The number of carbonyl (C=O) groups is 1. The Labute approximate surface area is 102 Å². The van der Waals surface area contributed by atoms with Crippen LogP contribution in [0.2, 0.25) is 0 Å².